The van der Waals surface area contributed by atoms with Gasteiger partial charge in [-0.15, -0.1) is 0 Å². The lowest BCUT2D eigenvalue weighted by Gasteiger charge is -2.50. The van der Waals surface area contributed by atoms with Crippen LogP contribution < -0.4 is 5.32 Å². The van der Waals surface area contributed by atoms with Crippen LogP contribution in [0.25, 0.3) is 0 Å². The molecule has 1 aliphatic heterocycles. The predicted molar refractivity (Wildman–Crippen MR) is 53.6 cm³/mol. The van der Waals surface area contributed by atoms with E-state index < -0.39 is 0 Å². The zero-order valence-electron chi connectivity index (χ0n) is 8.71. The normalized spacial score (nSPS) is 51.5. The largest absolute Gasteiger partial charge is 0.393 e. The highest BCUT2D eigenvalue weighted by Crippen LogP contribution is 2.40. The second-order valence-electron chi connectivity index (χ2n) is 5.12. The molecule has 2 fully saturated rings. The molecule has 0 radical (unpaired) electrons. The summed E-state index contributed by atoms with van der Waals surface area (Å²) in [6.45, 7) is 4.47. The molecule has 1 aliphatic carbocycles. The molecule has 0 spiro atoms. The number of fused-ring (bicyclic) bond motifs is 1. The number of piperidine rings is 1. The molecule has 4 unspecified atom stereocenters. The summed E-state index contributed by atoms with van der Waals surface area (Å²) in [5, 5.41) is 13.7. The number of rotatable bonds is 0. The van der Waals surface area contributed by atoms with Gasteiger partial charge < -0.3 is 10.4 Å². The zero-order chi connectivity index (χ0) is 9.47. The maximum atomic E-state index is 10.00. The molecule has 0 amide bonds. The second-order valence-corrected chi connectivity index (χ2v) is 5.12. The summed E-state index contributed by atoms with van der Waals surface area (Å²) in [6.07, 6.45) is 5.92. The Morgan fingerprint density at radius 1 is 1.38 bits per heavy atom. The first-order chi connectivity index (χ1) is 6.12. The summed E-state index contributed by atoms with van der Waals surface area (Å²) in [5.74, 6) is 0.498. The van der Waals surface area contributed by atoms with E-state index >= 15 is 0 Å². The van der Waals surface area contributed by atoms with Crippen molar-refractivity contribution < 1.29 is 5.11 Å². The third kappa shape index (κ3) is 1.62. The standard InChI is InChI=1S/C11H21NO/c1-8-7-10(13)9-5-3-4-6-11(9,2)12-8/h8-10,12-13H,3-7H2,1-2H3. The van der Waals surface area contributed by atoms with Gasteiger partial charge in [0.15, 0.2) is 0 Å². The Labute approximate surface area is 80.7 Å². The molecule has 0 bridgehead atoms. The van der Waals surface area contributed by atoms with Crippen LogP contribution in [0.4, 0.5) is 0 Å². The third-order valence-electron chi connectivity index (χ3n) is 3.92. The summed E-state index contributed by atoms with van der Waals surface area (Å²) < 4.78 is 0. The Bertz CT molecular complexity index is 195. The van der Waals surface area contributed by atoms with Crippen LogP contribution in [-0.2, 0) is 0 Å². The smallest absolute Gasteiger partial charge is 0.0600 e. The molecule has 4 atom stereocenters. The van der Waals surface area contributed by atoms with Crippen molar-refractivity contribution in [2.45, 2.75) is 63.6 Å². The molecular formula is C11H21NO. The van der Waals surface area contributed by atoms with Crippen LogP contribution in [-0.4, -0.2) is 22.8 Å². The Balaban J connectivity index is 2.15. The van der Waals surface area contributed by atoms with E-state index in [4.69, 9.17) is 0 Å². The summed E-state index contributed by atoms with van der Waals surface area (Å²) in [4.78, 5) is 0. The van der Waals surface area contributed by atoms with Crippen molar-refractivity contribution in [2.75, 3.05) is 0 Å². The number of nitrogens with one attached hydrogen (secondary N) is 1. The minimum Gasteiger partial charge on any atom is -0.393 e. The van der Waals surface area contributed by atoms with Crippen molar-refractivity contribution >= 4 is 0 Å². The third-order valence-corrected chi connectivity index (χ3v) is 3.92. The summed E-state index contributed by atoms with van der Waals surface area (Å²) in [6, 6.07) is 0.481. The fourth-order valence-electron chi connectivity index (χ4n) is 3.30. The van der Waals surface area contributed by atoms with Gasteiger partial charge >= 0.3 is 0 Å². The second kappa shape index (κ2) is 3.25. The highest BCUT2D eigenvalue weighted by atomic mass is 16.3. The first-order valence-electron chi connectivity index (χ1n) is 5.57. The van der Waals surface area contributed by atoms with Crippen LogP contribution >= 0.6 is 0 Å². The van der Waals surface area contributed by atoms with Crippen LogP contribution in [0.1, 0.15) is 46.0 Å². The fraction of sp³-hybridized carbons (Fsp3) is 1.00. The zero-order valence-corrected chi connectivity index (χ0v) is 8.71. The summed E-state index contributed by atoms with van der Waals surface area (Å²) >= 11 is 0. The fourth-order valence-corrected chi connectivity index (χ4v) is 3.30. The van der Waals surface area contributed by atoms with E-state index in [0.717, 1.165) is 6.42 Å². The first kappa shape index (κ1) is 9.47. The van der Waals surface area contributed by atoms with Gasteiger partial charge in [-0.25, -0.2) is 0 Å². The van der Waals surface area contributed by atoms with E-state index in [2.05, 4.69) is 19.2 Å². The van der Waals surface area contributed by atoms with Gasteiger partial charge in [-0.05, 0) is 33.1 Å². The lowest BCUT2D eigenvalue weighted by atomic mass is 9.67. The highest BCUT2D eigenvalue weighted by molar-refractivity contribution is 5.01. The van der Waals surface area contributed by atoms with Crippen molar-refractivity contribution in [1.29, 1.82) is 0 Å². The number of aliphatic hydroxyl groups excluding tert-OH is 1. The molecule has 2 aliphatic rings. The Kier molecular flexibility index (Phi) is 2.37. The van der Waals surface area contributed by atoms with Crippen molar-refractivity contribution in [3.05, 3.63) is 0 Å². The molecule has 2 heteroatoms. The molecule has 0 aromatic rings. The van der Waals surface area contributed by atoms with Crippen LogP contribution in [0.3, 0.4) is 0 Å². The van der Waals surface area contributed by atoms with Gasteiger partial charge in [-0.1, -0.05) is 12.8 Å². The van der Waals surface area contributed by atoms with Crippen LogP contribution in [0.2, 0.25) is 0 Å². The summed E-state index contributed by atoms with van der Waals surface area (Å²) in [7, 11) is 0. The minimum absolute atomic E-state index is 0.0680. The van der Waals surface area contributed by atoms with Crippen molar-refractivity contribution in [2.24, 2.45) is 5.92 Å². The van der Waals surface area contributed by atoms with Gasteiger partial charge in [0.2, 0.25) is 0 Å². The lowest BCUT2D eigenvalue weighted by Crippen LogP contribution is -2.62. The highest BCUT2D eigenvalue weighted by Gasteiger charge is 2.44. The molecule has 2 rings (SSSR count). The molecule has 13 heavy (non-hydrogen) atoms. The Morgan fingerprint density at radius 2 is 2.15 bits per heavy atom. The lowest BCUT2D eigenvalue weighted by molar-refractivity contribution is -0.0253. The monoisotopic (exact) mass is 183 g/mol. The number of hydrogen-bond acceptors (Lipinski definition) is 2. The molecule has 1 saturated heterocycles. The number of aliphatic hydroxyl groups is 1. The summed E-state index contributed by atoms with van der Waals surface area (Å²) in [5.41, 5.74) is 0.218. The molecule has 0 aromatic heterocycles. The average Bonchev–Trinajstić information content (AvgIpc) is 2.01. The van der Waals surface area contributed by atoms with E-state index in [0.29, 0.717) is 12.0 Å². The van der Waals surface area contributed by atoms with Crippen LogP contribution in [0.5, 0.6) is 0 Å². The van der Waals surface area contributed by atoms with E-state index in [1.54, 1.807) is 0 Å². The van der Waals surface area contributed by atoms with Gasteiger partial charge in [0.1, 0.15) is 0 Å². The molecule has 1 heterocycles. The van der Waals surface area contributed by atoms with Gasteiger partial charge in [0.05, 0.1) is 6.10 Å². The maximum Gasteiger partial charge on any atom is 0.0600 e. The van der Waals surface area contributed by atoms with Gasteiger partial charge in [-0.3, -0.25) is 0 Å². The molecule has 0 aromatic carbocycles. The van der Waals surface area contributed by atoms with E-state index in [9.17, 15) is 5.11 Å². The minimum atomic E-state index is -0.0680. The molecule has 2 N–H and O–H groups in total. The Morgan fingerprint density at radius 3 is 2.92 bits per heavy atom. The number of hydrogen-bond donors (Lipinski definition) is 2. The molecular weight excluding hydrogens is 162 g/mol. The quantitative estimate of drug-likeness (QED) is 0.599. The van der Waals surface area contributed by atoms with Crippen molar-refractivity contribution in [1.82, 2.24) is 5.32 Å². The molecule has 76 valence electrons. The molecule has 2 nitrogen and oxygen atoms in total. The Hall–Kier alpha value is -0.0800. The van der Waals surface area contributed by atoms with Crippen molar-refractivity contribution in [3.63, 3.8) is 0 Å². The van der Waals surface area contributed by atoms with E-state index in [1.807, 2.05) is 0 Å². The van der Waals surface area contributed by atoms with Crippen LogP contribution in [0, 0.1) is 5.92 Å². The van der Waals surface area contributed by atoms with E-state index in [-0.39, 0.29) is 11.6 Å². The van der Waals surface area contributed by atoms with Gasteiger partial charge in [0.25, 0.3) is 0 Å². The van der Waals surface area contributed by atoms with Gasteiger partial charge in [-0.2, -0.15) is 0 Å². The first-order valence-corrected chi connectivity index (χ1v) is 5.57. The maximum absolute atomic E-state index is 10.00. The predicted octanol–water partition coefficient (Wildman–Crippen LogP) is 1.68. The SMILES string of the molecule is CC1CC(O)C2CCCCC2(C)N1. The molecule has 1 saturated carbocycles. The van der Waals surface area contributed by atoms with Crippen LogP contribution in [0.15, 0.2) is 0 Å². The van der Waals surface area contributed by atoms with Gasteiger partial charge in [0, 0.05) is 17.5 Å². The van der Waals surface area contributed by atoms with E-state index in [1.165, 1.54) is 25.7 Å². The average molecular weight is 183 g/mol. The van der Waals surface area contributed by atoms with Crippen molar-refractivity contribution in [3.8, 4) is 0 Å². The topological polar surface area (TPSA) is 32.3 Å².